The molecule has 8 nitrogen and oxygen atoms in total. The highest BCUT2D eigenvalue weighted by Crippen LogP contribution is 2.16. The average Bonchev–Trinajstić information content (AvgIpc) is 3.20. The zero-order valence-corrected chi connectivity index (χ0v) is 18.7. The van der Waals surface area contributed by atoms with Gasteiger partial charge in [0.2, 0.25) is 5.91 Å². The van der Waals surface area contributed by atoms with Crippen molar-refractivity contribution in [3.05, 3.63) is 23.9 Å². The van der Waals surface area contributed by atoms with E-state index in [1.54, 1.807) is 0 Å². The largest absolute Gasteiger partial charge is 0.375 e. The van der Waals surface area contributed by atoms with Crippen molar-refractivity contribution in [3.8, 4) is 0 Å². The maximum Gasteiger partial charge on any atom is 0.225 e. The molecule has 1 aromatic heterocycles. The second-order valence-electron chi connectivity index (χ2n) is 8.42. The van der Waals surface area contributed by atoms with Gasteiger partial charge in [-0.15, -0.1) is 0 Å². The van der Waals surface area contributed by atoms with Gasteiger partial charge in [-0.3, -0.25) is 4.79 Å². The molecule has 2 N–H and O–H groups in total. The summed E-state index contributed by atoms with van der Waals surface area (Å²) in [5, 5.41) is 6.79. The fraction of sp³-hybridized carbons (Fsp3) is 0.682. The molecular weight excluding hydrogens is 380 g/mol. The van der Waals surface area contributed by atoms with Gasteiger partial charge in [0.1, 0.15) is 5.82 Å². The maximum atomic E-state index is 12.2. The van der Waals surface area contributed by atoms with E-state index in [1.807, 2.05) is 24.9 Å². The first-order valence-corrected chi connectivity index (χ1v) is 11.1. The van der Waals surface area contributed by atoms with Crippen LogP contribution < -0.4 is 15.5 Å². The van der Waals surface area contributed by atoms with E-state index in [2.05, 4.69) is 46.5 Å². The van der Waals surface area contributed by atoms with Crippen LogP contribution in [0, 0.1) is 5.92 Å². The van der Waals surface area contributed by atoms with Gasteiger partial charge in [-0.1, -0.05) is 19.9 Å². The Hall–Kier alpha value is -2.35. The van der Waals surface area contributed by atoms with E-state index in [-0.39, 0.29) is 24.0 Å². The smallest absolute Gasteiger partial charge is 0.225 e. The van der Waals surface area contributed by atoms with Crippen LogP contribution in [0.4, 0.5) is 5.82 Å². The normalized spacial score (nSPS) is 22.5. The first-order chi connectivity index (χ1) is 14.5. The number of pyridine rings is 1. The predicted molar refractivity (Wildman–Crippen MR) is 120 cm³/mol. The molecule has 0 aliphatic carbocycles. The fourth-order valence-electron chi connectivity index (χ4n) is 3.85. The highest BCUT2D eigenvalue weighted by molar-refractivity contribution is 5.81. The van der Waals surface area contributed by atoms with Crippen LogP contribution in [0.15, 0.2) is 23.3 Å². The SMILES string of the molecule is CCNC(=NCc1ccc(N2CCOC(C)C2)nc1)NC1CCN(C(=O)C(C)C)C1. The Labute approximate surface area is 180 Å². The number of guanidine groups is 1. The van der Waals surface area contributed by atoms with E-state index in [9.17, 15) is 4.79 Å². The zero-order chi connectivity index (χ0) is 21.5. The molecule has 3 rings (SSSR count). The van der Waals surface area contributed by atoms with Crippen LogP contribution in [0.5, 0.6) is 0 Å². The van der Waals surface area contributed by atoms with Crippen molar-refractivity contribution >= 4 is 17.7 Å². The van der Waals surface area contributed by atoms with Crippen LogP contribution in [-0.2, 0) is 16.1 Å². The molecule has 30 heavy (non-hydrogen) atoms. The second kappa shape index (κ2) is 10.6. The highest BCUT2D eigenvalue weighted by atomic mass is 16.5. The van der Waals surface area contributed by atoms with Gasteiger partial charge in [0.25, 0.3) is 0 Å². The molecule has 166 valence electrons. The Morgan fingerprint density at radius 3 is 2.83 bits per heavy atom. The molecule has 2 atom stereocenters. The number of aliphatic imine (C=N–C) groups is 1. The summed E-state index contributed by atoms with van der Waals surface area (Å²) in [4.78, 5) is 25.8. The lowest BCUT2D eigenvalue weighted by Gasteiger charge is -2.32. The van der Waals surface area contributed by atoms with Crippen molar-refractivity contribution < 1.29 is 9.53 Å². The first kappa shape index (κ1) is 22.3. The molecule has 8 heteroatoms. The van der Waals surface area contributed by atoms with Gasteiger partial charge in [-0.05, 0) is 31.9 Å². The van der Waals surface area contributed by atoms with Crippen molar-refractivity contribution in [2.75, 3.05) is 44.2 Å². The Morgan fingerprint density at radius 1 is 1.33 bits per heavy atom. The summed E-state index contributed by atoms with van der Waals surface area (Å²) in [6.45, 7) is 13.4. The second-order valence-corrected chi connectivity index (χ2v) is 8.42. The molecule has 2 aliphatic heterocycles. The molecule has 0 bridgehead atoms. The van der Waals surface area contributed by atoms with Crippen LogP contribution in [-0.4, -0.2) is 73.2 Å². The van der Waals surface area contributed by atoms with Crippen LogP contribution in [0.3, 0.4) is 0 Å². The topological polar surface area (TPSA) is 82.1 Å². The Kier molecular flexibility index (Phi) is 7.90. The number of morpholine rings is 1. The number of carbonyl (C=O) groups excluding carboxylic acids is 1. The third-order valence-electron chi connectivity index (χ3n) is 5.47. The molecule has 3 heterocycles. The molecule has 0 saturated carbocycles. The lowest BCUT2D eigenvalue weighted by atomic mass is 10.2. The fourth-order valence-corrected chi connectivity index (χ4v) is 3.85. The Balaban J connectivity index is 1.55. The number of nitrogens with one attached hydrogen (secondary N) is 2. The lowest BCUT2D eigenvalue weighted by molar-refractivity contribution is -0.133. The molecule has 1 aromatic rings. The monoisotopic (exact) mass is 416 g/mol. The summed E-state index contributed by atoms with van der Waals surface area (Å²) in [5.74, 6) is 2.04. The van der Waals surface area contributed by atoms with Gasteiger partial charge in [0.05, 0.1) is 19.3 Å². The van der Waals surface area contributed by atoms with Gasteiger partial charge in [0.15, 0.2) is 5.96 Å². The maximum absolute atomic E-state index is 12.2. The molecule has 2 unspecified atom stereocenters. The van der Waals surface area contributed by atoms with Gasteiger partial charge >= 0.3 is 0 Å². The summed E-state index contributed by atoms with van der Waals surface area (Å²) in [6, 6.07) is 4.39. The summed E-state index contributed by atoms with van der Waals surface area (Å²) in [7, 11) is 0. The standard InChI is InChI=1S/C22H36N6O2/c1-5-23-22(26-19-8-9-28(15-19)21(29)16(2)3)25-13-18-6-7-20(24-12-18)27-10-11-30-17(4)14-27/h6-7,12,16-17,19H,5,8-11,13-15H2,1-4H3,(H2,23,25,26). The molecule has 2 saturated heterocycles. The van der Waals surface area contributed by atoms with Gasteiger partial charge in [-0.2, -0.15) is 0 Å². The summed E-state index contributed by atoms with van der Waals surface area (Å²) in [6.07, 6.45) is 3.08. The minimum Gasteiger partial charge on any atom is -0.375 e. The number of aromatic nitrogens is 1. The molecule has 0 spiro atoms. The zero-order valence-electron chi connectivity index (χ0n) is 18.7. The number of hydrogen-bond acceptors (Lipinski definition) is 5. The molecule has 1 amide bonds. The molecule has 0 aromatic carbocycles. The molecule has 2 fully saturated rings. The van der Waals surface area contributed by atoms with E-state index < -0.39 is 0 Å². The highest BCUT2D eigenvalue weighted by Gasteiger charge is 2.28. The summed E-state index contributed by atoms with van der Waals surface area (Å²) >= 11 is 0. The predicted octanol–water partition coefficient (Wildman–Crippen LogP) is 1.62. The molecule has 0 radical (unpaired) electrons. The van der Waals surface area contributed by atoms with E-state index in [4.69, 9.17) is 9.73 Å². The van der Waals surface area contributed by atoms with E-state index in [0.29, 0.717) is 6.54 Å². The quantitative estimate of drug-likeness (QED) is 0.542. The third-order valence-corrected chi connectivity index (χ3v) is 5.47. The number of anilines is 1. The van der Waals surface area contributed by atoms with Crippen LogP contribution in [0.25, 0.3) is 0 Å². The molecule has 2 aliphatic rings. The van der Waals surface area contributed by atoms with Gasteiger partial charge in [-0.25, -0.2) is 9.98 Å². The van der Waals surface area contributed by atoms with Crippen molar-refractivity contribution in [2.45, 2.75) is 52.8 Å². The Bertz CT molecular complexity index is 721. The van der Waals surface area contributed by atoms with E-state index >= 15 is 0 Å². The van der Waals surface area contributed by atoms with Crippen LogP contribution in [0.1, 0.15) is 39.7 Å². The third kappa shape index (κ3) is 6.08. The number of likely N-dealkylation sites (tertiary alicyclic amines) is 1. The van der Waals surface area contributed by atoms with Gasteiger partial charge in [0, 0.05) is 50.9 Å². The first-order valence-electron chi connectivity index (χ1n) is 11.1. The van der Waals surface area contributed by atoms with Crippen molar-refractivity contribution in [1.82, 2.24) is 20.5 Å². The number of amides is 1. The summed E-state index contributed by atoms with van der Waals surface area (Å²) in [5.41, 5.74) is 1.07. The minimum absolute atomic E-state index is 0.0433. The lowest BCUT2D eigenvalue weighted by Crippen LogP contribution is -2.45. The van der Waals surface area contributed by atoms with Crippen molar-refractivity contribution in [3.63, 3.8) is 0 Å². The van der Waals surface area contributed by atoms with E-state index in [0.717, 1.165) is 63.1 Å². The van der Waals surface area contributed by atoms with Crippen LogP contribution >= 0.6 is 0 Å². The Morgan fingerprint density at radius 2 is 2.17 bits per heavy atom. The minimum atomic E-state index is 0.0433. The van der Waals surface area contributed by atoms with Crippen LogP contribution in [0.2, 0.25) is 0 Å². The number of nitrogens with zero attached hydrogens (tertiary/aromatic N) is 4. The van der Waals surface area contributed by atoms with E-state index in [1.165, 1.54) is 0 Å². The van der Waals surface area contributed by atoms with Crippen molar-refractivity contribution in [2.24, 2.45) is 10.9 Å². The average molecular weight is 417 g/mol. The number of rotatable bonds is 6. The molecular formula is C22H36N6O2. The number of ether oxygens (including phenoxy) is 1. The van der Waals surface area contributed by atoms with Crippen molar-refractivity contribution in [1.29, 1.82) is 0 Å². The van der Waals surface area contributed by atoms with Gasteiger partial charge < -0.3 is 25.2 Å². The number of carbonyl (C=O) groups is 1. The number of hydrogen-bond donors (Lipinski definition) is 2. The summed E-state index contributed by atoms with van der Waals surface area (Å²) < 4.78 is 5.60.